The Morgan fingerprint density at radius 1 is 0.875 bits per heavy atom. The maximum atomic E-state index is 13.4. The van der Waals surface area contributed by atoms with Crippen LogP contribution in [-0.4, -0.2) is 60.2 Å². The Morgan fingerprint density at radius 2 is 1.52 bits per heavy atom. The standard InChI is InChI=1S/C29H35N3O8/c1-15(2)23(24(34)22-16(3)27(35)32-29(22)37)31-21(33)14-19(17-10-8-7-9-11-17)30-28(36)18-12-13-20(38-4)26(40-6)25(18)39-5/h7-13,15,19,23,32,35,37H,14H2,1-6H3,(H,30,36)(H,31,33)/t19-,23-/m0/s1. The van der Waals surface area contributed by atoms with Gasteiger partial charge in [0, 0.05) is 5.56 Å². The number of benzene rings is 2. The van der Waals surface area contributed by atoms with Crippen molar-refractivity contribution in [1.29, 1.82) is 0 Å². The molecule has 0 saturated heterocycles. The predicted molar refractivity (Wildman–Crippen MR) is 147 cm³/mol. The van der Waals surface area contributed by atoms with Gasteiger partial charge in [0.2, 0.25) is 17.5 Å². The molecule has 5 N–H and O–H groups in total. The van der Waals surface area contributed by atoms with Gasteiger partial charge in [-0.1, -0.05) is 44.2 Å². The monoisotopic (exact) mass is 553 g/mol. The van der Waals surface area contributed by atoms with Crippen LogP contribution in [0.15, 0.2) is 42.5 Å². The van der Waals surface area contributed by atoms with Gasteiger partial charge in [0.1, 0.15) is 0 Å². The second-order valence-corrected chi connectivity index (χ2v) is 9.50. The highest BCUT2D eigenvalue weighted by molar-refractivity contribution is 6.05. The van der Waals surface area contributed by atoms with Crippen LogP contribution < -0.4 is 24.8 Å². The van der Waals surface area contributed by atoms with Crippen LogP contribution in [0.1, 0.15) is 58.2 Å². The number of H-pyrrole nitrogens is 1. The molecule has 2 aromatic carbocycles. The maximum absolute atomic E-state index is 13.4. The minimum atomic E-state index is -0.995. The number of ether oxygens (including phenoxy) is 3. The van der Waals surface area contributed by atoms with Gasteiger partial charge >= 0.3 is 0 Å². The number of aromatic hydroxyl groups is 2. The number of nitrogens with one attached hydrogen (secondary N) is 3. The minimum Gasteiger partial charge on any atom is -0.494 e. The maximum Gasteiger partial charge on any atom is 0.255 e. The Hall–Kier alpha value is -4.67. The third-order valence-electron chi connectivity index (χ3n) is 6.56. The van der Waals surface area contributed by atoms with E-state index in [2.05, 4.69) is 15.6 Å². The van der Waals surface area contributed by atoms with Crippen molar-refractivity contribution in [3.63, 3.8) is 0 Å². The zero-order valence-corrected chi connectivity index (χ0v) is 23.3. The molecule has 0 spiro atoms. The van der Waals surface area contributed by atoms with Gasteiger partial charge in [0.05, 0.1) is 51.0 Å². The van der Waals surface area contributed by atoms with Crippen LogP contribution in [0, 0.1) is 12.8 Å². The van der Waals surface area contributed by atoms with E-state index in [-0.39, 0.29) is 46.4 Å². The van der Waals surface area contributed by atoms with Crippen molar-refractivity contribution in [1.82, 2.24) is 15.6 Å². The van der Waals surface area contributed by atoms with Crippen LogP contribution in [0.4, 0.5) is 0 Å². The van der Waals surface area contributed by atoms with Crippen molar-refractivity contribution >= 4 is 17.6 Å². The fourth-order valence-electron chi connectivity index (χ4n) is 4.43. The minimum absolute atomic E-state index is 0.0926. The van der Waals surface area contributed by atoms with Crippen molar-refractivity contribution in [2.45, 2.75) is 39.3 Å². The molecule has 0 aliphatic rings. The highest BCUT2D eigenvalue weighted by Gasteiger charge is 2.32. The number of amides is 2. The number of ketones is 1. The average molecular weight is 554 g/mol. The molecular weight excluding hydrogens is 518 g/mol. The molecule has 2 amide bonds. The van der Waals surface area contributed by atoms with Gasteiger partial charge in [0.15, 0.2) is 23.2 Å². The number of carbonyl (C=O) groups is 3. The van der Waals surface area contributed by atoms with Crippen molar-refractivity contribution in [3.05, 3.63) is 64.7 Å². The summed E-state index contributed by atoms with van der Waals surface area (Å²) in [5.41, 5.74) is 0.933. The first kappa shape index (κ1) is 29.9. The molecular formula is C29H35N3O8. The molecule has 11 nitrogen and oxygen atoms in total. The van der Waals surface area contributed by atoms with Gasteiger partial charge in [-0.15, -0.1) is 0 Å². The molecule has 11 heteroatoms. The van der Waals surface area contributed by atoms with Gasteiger partial charge in [-0.3, -0.25) is 19.4 Å². The van der Waals surface area contributed by atoms with Gasteiger partial charge in [0.25, 0.3) is 5.91 Å². The topological polar surface area (TPSA) is 159 Å². The number of aromatic amines is 1. The third kappa shape index (κ3) is 6.31. The molecule has 0 aliphatic carbocycles. The van der Waals surface area contributed by atoms with E-state index in [1.54, 1.807) is 44.2 Å². The summed E-state index contributed by atoms with van der Waals surface area (Å²) in [6.45, 7) is 4.99. The van der Waals surface area contributed by atoms with Crippen LogP contribution in [0.5, 0.6) is 29.0 Å². The molecule has 0 radical (unpaired) electrons. The lowest BCUT2D eigenvalue weighted by molar-refractivity contribution is -0.122. The molecule has 0 fully saturated rings. The Morgan fingerprint density at radius 3 is 2.05 bits per heavy atom. The quantitative estimate of drug-likeness (QED) is 0.213. The Labute approximate surface area is 232 Å². The molecule has 3 aromatic rings. The normalized spacial score (nSPS) is 12.4. The second-order valence-electron chi connectivity index (χ2n) is 9.50. The molecule has 1 heterocycles. The largest absolute Gasteiger partial charge is 0.494 e. The van der Waals surface area contributed by atoms with Crippen molar-refractivity contribution in [2.75, 3.05) is 21.3 Å². The number of carbonyl (C=O) groups excluding carboxylic acids is 3. The molecule has 1 aromatic heterocycles. The number of aromatic nitrogens is 1. The Bertz CT molecular complexity index is 1370. The van der Waals surface area contributed by atoms with E-state index >= 15 is 0 Å². The van der Waals surface area contributed by atoms with Crippen LogP contribution in [-0.2, 0) is 4.79 Å². The summed E-state index contributed by atoms with van der Waals surface area (Å²) in [6.07, 6.45) is -0.189. The number of hydrogen-bond donors (Lipinski definition) is 5. The Kier molecular flexibility index (Phi) is 9.65. The molecule has 0 aliphatic heterocycles. The summed E-state index contributed by atoms with van der Waals surface area (Å²) >= 11 is 0. The lowest BCUT2D eigenvalue weighted by Gasteiger charge is -2.24. The predicted octanol–water partition coefficient (Wildman–Crippen LogP) is 3.65. The van der Waals surface area contributed by atoms with E-state index in [4.69, 9.17) is 14.2 Å². The van der Waals surface area contributed by atoms with E-state index in [0.29, 0.717) is 11.3 Å². The molecule has 2 atom stereocenters. The van der Waals surface area contributed by atoms with E-state index in [0.717, 1.165) is 0 Å². The van der Waals surface area contributed by atoms with E-state index in [1.807, 2.05) is 6.07 Å². The number of rotatable bonds is 12. The first-order valence-electron chi connectivity index (χ1n) is 12.6. The van der Waals surface area contributed by atoms with Gasteiger partial charge < -0.3 is 35.1 Å². The first-order valence-corrected chi connectivity index (χ1v) is 12.6. The summed E-state index contributed by atoms with van der Waals surface area (Å²) in [5.74, 6) is -1.90. The number of Topliss-reactive ketones (excluding diaryl/α,β-unsaturated/α-hetero) is 1. The molecule has 0 bridgehead atoms. The molecule has 0 unspecified atom stereocenters. The molecule has 3 rings (SSSR count). The van der Waals surface area contributed by atoms with Crippen molar-refractivity contribution < 1.29 is 38.8 Å². The molecule has 40 heavy (non-hydrogen) atoms. The summed E-state index contributed by atoms with van der Waals surface area (Å²) in [4.78, 5) is 42.3. The summed E-state index contributed by atoms with van der Waals surface area (Å²) in [6, 6.07) is 10.3. The third-order valence-corrected chi connectivity index (χ3v) is 6.56. The Balaban J connectivity index is 1.88. The molecule has 0 saturated carbocycles. The summed E-state index contributed by atoms with van der Waals surface area (Å²) in [5, 5.41) is 25.6. The van der Waals surface area contributed by atoms with Crippen molar-refractivity contribution in [3.8, 4) is 29.0 Å². The zero-order chi connectivity index (χ0) is 29.6. The molecule has 214 valence electrons. The fourth-order valence-corrected chi connectivity index (χ4v) is 4.43. The lowest BCUT2D eigenvalue weighted by Crippen LogP contribution is -2.45. The van der Waals surface area contributed by atoms with Crippen LogP contribution in [0.2, 0.25) is 0 Å². The fraction of sp³-hybridized carbons (Fsp3) is 0.345. The van der Waals surface area contributed by atoms with Gasteiger partial charge in [-0.25, -0.2) is 0 Å². The highest BCUT2D eigenvalue weighted by atomic mass is 16.5. The number of methoxy groups -OCH3 is 3. The van der Waals surface area contributed by atoms with Crippen molar-refractivity contribution in [2.24, 2.45) is 5.92 Å². The second kappa shape index (κ2) is 12.9. The zero-order valence-electron chi connectivity index (χ0n) is 23.3. The summed E-state index contributed by atoms with van der Waals surface area (Å²) < 4.78 is 16.1. The van der Waals surface area contributed by atoms with E-state index in [1.165, 1.54) is 34.3 Å². The van der Waals surface area contributed by atoms with Gasteiger partial charge in [-0.05, 0) is 30.5 Å². The smallest absolute Gasteiger partial charge is 0.255 e. The lowest BCUT2D eigenvalue weighted by atomic mass is 9.93. The SMILES string of the molecule is COc1ccc(C(=O)N[C@@H](CC(=O)N[C@H](C(=O)c2c(O)[nH]c(O)c2C)C(C)C)c2ccccc2)c(OC)c1OC. The van der Waals surface area contributed by atoms with E-state index < -0.39 is 35.6 Å². The van der Waals surface area contributed by atoms with Crippen LogP contribution >= 0.6 is 0 Å². The van der Waals surface area contributed by atoms with Crippen LogP contribution in [0.25, 0.3) is 0 Å². The average Bonchev–Trinajstić information content (AvgIpc) is 3.20. The first-order chi connectivity index (χ1) is 19.0. The van der Waals surface area contributed by atoms with Crippen LogP contribution in [0.3, 0.4) is 0 Å². The number of hydrogen-bond acceptors (Lipinski definition) is 8. The van der Waals surface area contributed by atoms with E-state index in [9.17, 15) is 24.6 Å². The highest BCUT2D eigenvalue weighted by Crippen LogP contribution is 2.40. The summed E-state index contributed by atoms with van der Waals surface area (Å²) in [7, 11) is 4.31. The van der Waals surface area contributed by atoms with Gasteiger partial charge in [-0.2, -0.15) is 0 Å².